The Labute approximate surface area is 164 Å². The Balaban J connectivity index is 2.01. The summed E-state index contributed by atoms with van der Waals surface area (Å²) in [6.45, 7) is 5.99. The van der Waals surface area contributed by atoms with Gasteiger partial charge in [0.15, 0.2) is 0 Å². The minimum absolute atomic E-state index is 0.0649. The molecule has 1 saturated heterocycles. The maximum Gasteiger partial charge on any atom is 0.410 e. The van der Waals surface area contributed by atoms with Crippen LogP contribution in [0, 0.1) is 11.3 Å². The van der Waals surface area contributed by atoms with Gasteiger partial charge in [-0.15, -0.1) is 0 Å². The van der Waals surface area contributed by atoms with Gasteiger partial charge in [-0.2, -0.15) is 9.57 Å². The third kappa shape index (κ3) is 5.43. The molecule has 0 unspecified atom stereocenters. The van der Waals surface area contributed by atoms with Crippen molar-refractivity contribution in [2.45, 2.75) is 31.3 Å². The molecule has 2 amide bonds. The topological polar surface area (TPSA) is 120 Å². The van der Waals surface area contributed by atoms with E-state index in [1.165, 1.54) is 33.5 Å². The molecule has 0 radical (unpaired) electrons. The van der Waals surface area contributed by atoms with Crippen molar-refractivity contribution in [1.29, 1.82) is 5.26 Å². The van der Waals surface area contributed by atoms with Crippen molar-refractivity contribution in [1.82, 2.24) is 14.5 Å². The van der Waals surface area contributed by atoms with Crippen molar-refractivity contribution in [2.24, 2.45) is 0 Å². The van der Waals surface area contributed by atoms with Crippen LogP contribution in [0.1, 0.15) is 31.1 Å². The highest BCUT2D eigenvalue weighted by Gasteiger charge is 2.32. The van der Waals surface area contributed by atoms with Crippen LogP contribution >= 0.6 is 0 Å². The summed E-state index contributed by atoms with van der Waals surface area (Å²) in [6, 6.07) is 7.31. The van der Waals surface area contributed by atoms with Crippen LogP contribution in [0.5, 0.6) is 0 Å². The van der Waals surface area contributed by atoms with E-state index in [1.54, 1.807) is 26.8 Å². The second kappa shape index (κ2) is 8.58. The van der Waals surface area contributed by atoms with E-state index < -0.39 is 27.6 Å². The Kier molecular flexibility index (Phi) is 6.64. The van der Waals surface area contributed by atoms with Gasteiger partial charge in [-0.3, -0.25) is 4.79 Å². The van der Waals surface area contributed by atoms with Gasteiger partial charge in [0, 0.05) is 31.7 Å². The SMILES string of the molecule is CC(C)(C)OC(=O)N1CCN(S(=O)(=O)c2ccc(C(=O)NCC#N)cc2)CC1. The van der Waals surface area contributed by atoms with E-state index in [4.69, 9.17) is 10.00 Å². The molecule has 1 aliphatic heterocycles. The molecule has 1 aliphatic rings. The van der Waals surface area contributed by atoms with Crippen LogP contribution in [0.4, 0.5) is 4.79 Å². The summed E-state index contributed by atoms with van der Waals surface area (Å²) >= 11 is 0. The molecule has 28 heavy (non-hydrogen) atoms. The molecule has 0 bridgehead atoms. The fourth-order valence-electron chi connectivity index (χ4n) is 2.59. The van der Waals surface area contributed by atoms with E-state index in [9.17, 15) is 18.0 Å². The number of nitrogens with zero attached hydrogens (tertiary/aromatic N) is 3. The highest BCUT2D eigenvalue weighted by atomic mass is 32.2. The van der Waals surface area contributed by atoms with Crippen LogP contribution in [0.15, 0.2) is 29.2 Å². The number of hydrogen-bond donors (Lipinski definition) is 1. The highest BCUT2D eigenvalue weighted by molar-refractivity contribution is 7.89. The van der Waals surface area contributed by atoms with Gasteiger partial charge < -0.3 is 15.0 Å². The number of nitriles is 1. The lowest BCUT2D eigenvalue weighted by molar-refractivity contribution is 0.0192. The summed E-state index contributed by atoms with van der Waals surface area (Å²) in [7, 11) is -3.74. The number of carbonyl (C=O) groups is 2. The van der Waals surface area contributed by atoms with Gasteiger partial charge in [-0.1, -0.05) is 0 Å². The Morgan fingerprint density at radius 2 is 1.71 bits per heavy atom. The van der Waals surface area contributed by atoms with Crippen molar-refractivity contribution < 1.29 is 22.7 Å². The number of rotatable bonds is 4. The minimum Gasteiger partial charge on any atom is -0.444 e. The summed E-state index contributed by atoms with van der Waals surface area (Å²) in [6.07, 6.45) is -0.461. The molecule has 0 atom stereocenters. The van der Waals surface area contributed by atoms with E-state index in [0.29, 0.717) is 0 Å². The van der Waals surface area contributed by atoms with Crippen LogP contribution < -0.4 is 5.32 Å². The van der Waals surface area contributed by atoms with Crippen LogP contribution in [-0.2, 0) is 14.8 Å². The summed E-state index contributed by atoms with van der Waals surface area (Å²) in [5.74, 6) is -0.448. The van der Waals surface area contributed by atoms with E-state index in [0.717, 1.165) is 0 Å². The quantitative estimate of drug-likeness (QED) is 0.747. The highest BCUT2D eigenvalue weighted by Crippen LogP contribution is 2.19. The fraction of sp³-hybridized carbons (Fsp3) is 0.500. The lowest BCUT2D eigenvalue weighted by Crippen LogP contribution is -2.51. The van der Waals surface area contributed by atoms with Crippen molar-refractivity contribution in [3.63, 3.8) is 0 Å². The maximum atomic E-state index is 12.8. The molecule has 1 fully saturated rings. The van der Waals surface area contributed by atoms with Crippen molar-refractivity contribution in [3.05, 3.63) is 29.8 Å². The van der Waals surface area contributed by atoms with Gasteiger partial charge in [0.1, 0.15) is 12.1 Å². The molecular weight excluding hydrogens is 384 g/mol. The zero-order chi connectivity index (χ0) is 20.9. The number of amides is 2. The van der Waals surface area contributed by atoms with Crippen LogP contribution in [0.25, 0.3) is 0 Å². The number of carbonyl (C=O) groups excluding carboxylic acids is 2. The average Bonchev–Trinajstić information content (AvgIpc) is 2.65. The first kappa shape index (κ1) is 21.7. The normalized spacial score (nSPS) is 15.6. The first-order chi connectivity index (χ1) is 13.0. The van der Waals surface area contributed by atoms with Gasteiger partial charge in [-0.05, 0) is 45.0 Å². The first-order valence-corrected chi connectivity index (χ1v) is 10.2. The molecule has 1 aromatic carbocycles. The molecule has 152 valence electrons. The molecule has 2 rings (SSSR count). The van der Waals surface area contributed by atoms with Crippen molar-refractivity contribution in [2.75, 3.05) is 32.7 Å². The second-order valence-electron chi connectivity index (χ2n) is 7.24. The molecule has 0 spiro atoms. The second-order valence-corrected chi connectivity index (χ2v) is 9.17. The van der Waals surface area contributed by atoms with E-state index in [-0.39, 0.29) is 43.2 Å². The molecule has 0 aromatic heterocycles. The molecule has 9 nitrogen and oxygen atoms in total. The summed E-state index contributed by atoms with van der Waals surface area (Å²) in [5, 5.41) is 10.9. The summed E-state index contributed by atoms with van der Waals surface area (Å²) in [4.78, 5) is 25.4. The Morgan fingerprint density at radius 1 is 1.14 bits per heavy atom. The molecule has 1 aromatic rings. The van der Waals surface area contributed by atoms with Crippen LogP contribution in [0.3, 0.4) is 0 Å². The van der Waals surface area contributed by atoms with Gasteiger partial charge in [0.05, 0.1) is 11.0 Å². The zero-order valence-corrected chi connectivity index (χ0v) is 17.0. The molecule has 1 N–H and O–H groups in total. The number of sulfonamides is 1. The van der Waals surface area contributed by atoms with Crippen molar-refractivity contribution >= 4 is 22.0 Å². The van der Waals surface area contributed by atoms with Gasteiger partial charge in [-0.25, -0.2) is 13.2 Å². The summed E-state index contributed by atoms with van der Waals surface area (Å²) in [5.41, 5.74) is -0.342. The Hall–Kier alpha value is -2.64. The number of hydrogen-bond acceptors (Lipinski definition) is 6. The molecule has 0 saturated carbocycles. The molecular formula is C18H24N4O5S. The van der Waals surface area contributed by atoms with Crippen molar-refractivity contribution in [3.8, 4) is 6.07 Å². The fourth-order valence-corrected chi connectivity index (χ4v) is 4.01. The van der Waals surface area contributed by atoms with E-state index in [1.807, 2.05) is 0 Å². The number of nitrogens with one attached hydrogen (secondary N) is 1. The number of ether oxygens (including phenoxy) is 1. The summed E-state index contributed by atoms with van der Waals surface area (Å²) < 4.78 is 32.2. The number of piperazine rings is 1. The van der Waals surface area contributed by atoms with E-state index >= 15 is 0 Å². The maximum absolute atomic E-state index is 12.8. The third-order valence-electron chi connectivity index (χ3n) is 3.97. The Bertz CT molecular complexity index is 861. The predicted molar refractivity (Wildman–Crippen MR) is 101 cm³/mol. The van der Waals surface area contributed by atoms with Crippen LogP contribution in [-0.4, -0.2) is 67.9 Å². The Morgan fingerprint density at radius 3 is 2.21 bits per heavy atom. The lowest BCUT2D eigenvalue weighted by Gasteiger charge is -2.34. The van der Waals surface area contributed by atoms with Gasteiger partial charge in [0.25, 0.3) is 5.91 Å². The average molecular weight is 408 g/mol. The predicted octanol–water partition coefficient (Wildman–Crippen LogP) is 1.18. The monoisotopic (exact) mass is 408 g/mol. The van der Waals surface area contributed by atoms with Crippen LogP contribution in [0.2, 0.25) is 0 Å². The molecule has 10 heteroatoms. The smallest absolute Gasteiger partial charge is 0.410 e. The van der Waals surface area contributed by atoms with E-state index in [2.05, 4.69) is 5.32 Å². The first-order valence-electron chi connectivity index (χ1n) is 8.78. The largest absolute Gasteiger partial charge is 0.444 e. The zero-order valence-electron chi connectivity index (χ0n) is 16.1. The molecule has 1 heterocycles. The minimum atomic E-state index is -3.74. The van der Waals surface area contributed by atoms with Gasteiger partial charge in [0.2, 0.25) is 10.0 Å². The lowest BCUT2D eigenvalue weighted by atomic mass is 10.2. The third-order valence-corrected chi connectivity index (χ3v) is 5.89. The number of benzene rings is 1. The molecule has 0 aliphatic carbocycles. The standard InChI is InChI=1S/C18H24N4O5S/c1-18(2,3)27-17(24)21-10-12-22(13-11-21)28(25,26)15-6-4-14(5-7-15)16(23)20-9-8-19/h4-7H,9-13H2,1-3H3,(H,20,23). The van der Waals surface area contributed by atoms with Gasteiger partial charge >= 0.3 is 6.09 Å².